The number of benzene rings is 1. The van der Waals surface area contributed by atoms with Crippen molar-refractivity contribution in [3.05, 3.63) is 35.0 Å². The molecular weight excluding hydrogens is 316 g/mol. The molecule has 6 heteroatoms. The average molecular weight is 337 g/mol. The highest BCUT2D eigenvalue weighted by Gasteiger charge is 2.57. The van der Waals surface area contributed by atoms with Crippen LogP contribution < -0.4 is 0 Å². The summed E-state index contributed by atoms with van der Waals surface area (Å²) < 4.78 is 5.41. The van der Waals surface area contributed by atoms with Crippen molar-refractivity contribution in [3.8, 4) is 0 Å². The maximum atomic E-state index is 12.2. The van der Waals surface area contributed by atoms with Gasteiger partial charge in [-0.25, -0.2) is 4.79 Å². The Morgan fingerprint density at radius 1 is 1.39 bits per heavy atom. The molecule has 0 bridgehead atoms. The van der Waals surface area contributed by atoms with Crippen LogP contribution in [0.25, 0.3) is 10.9 Å². The molecule has 0 unspecified atom stereocenters. The minimum absolute atomic E-state index is 0.376. The lowest BCUT2D eigenvalue weighted by Crippen LogP contribution is -2.55. The Hall–Kier alpha value is -1.72. The monoisotopic (exact) mass is 336 g/mol. The van der Waals surface area contributed by atoms with Crippen LogP contribution in [0, 0.1) is 0 Å². The number of rotatable bonds is 4. The van der Waals surface area contributed by atoms with E-state index >= 15 is 0 Å². The molecule has 0 aliphatic carbocycles. The first-order chi connectivity index (χ1) is 10.8. The molecule has 1 aromatic heterocycles. The van der Waals surface area contributed by atoms with E-state index in [0.29, 0.717) is 24.4 Å². The predicted octanol–water partition coefficient (Wildman–Crippen LogP) is 3.69. The second kappa shape index (κ2) is 5.42. The van der Waals surface area contributed by atoms with Gasteiger partial charge in [0, 0.05) is 28.7 Å². The van der Waals surface area contributed by atoms with Crippen LogP contribution in [0.3, 0.4) is 0 Å². The van der Waals surface area contributed by atoms with Gasteiger partial charge in [-0.3, -0.25) is 4.90 Å². The normalized spacial score (nSPS) is 27.7. The van der Waals surface area contributed by atoms with Crippen LogP contribution in [-0.4, -0.2) is 39.0 Å². The third-order valence-electron chi connectivity index (χ3n) is 5.07. The molecule has 23 heavy (non-hydrogen) atoms. The molecule has 1 fully saturated rings. The van der Waals surface area contributed by atoms with E-state index in [-0.39, 0.29) is 0 Å². The van der Waals surface area contributed by atoms with Crippen molar-refractivity contribution in [1.29, 1.82) is 0 Å². The zero-order chi connectivity index (χ0) is 16.8. The molecule has 1 saturated heterocycles. The molecule has 1 aliphatic heterocycles. The lowest BCUT2D eigenvalue weighted by molar-refractivity contribution is -0.137. The molecular formula is C17H21ClN2O3. The van der Waals surface area contributed by atoms with Gasteiger partial charge in [-0.15, -0.1) is 0 Å². The third kappa shape index (κ3) is 2.48. The number of carbonyl (C=O) groups excluding carboxylic acids is 1. The number of fused-ring (bicyclic) bond motifs is 1. The third-order valence-corrected chi connectivity index (χ3v) is 5.30. The van der Waals surface area contributed by atoms with Gasteiger partial charge in [0.15, 0.2) is 11.3 Å². The SMILES string of the molecule is CC[C@]1(C)OC(=O)N(CCc2c[nH]c3ccc(Cl)cc23)[C@@]1(C)O. The second-order valence-electron chi connectivity index (χ2n) is 6.38. The molecule has 3 rings (SSSR count). The predicted molar refractivity (Wildman–Crippen MR) is 89.5 cm³/mol. The number of H-pyrrole nitrogens is 1. The van der Waals surface area contributed by atoms with E-state index in [1.807, 2.05) is 31.3 Å². The van der Waals surface area contributed by atoms with Gasteiger partial charge in [0.2, 0.25) is 0 Å². The number of amides is 1. The van der Waals surface area contributed by atoms with E-state index in [4.69, 9.17) is 16.3 Å². The van der Waals surface area contributed by atoms with Crippen LogP contribution in [0.5, 0.6) is 0 Å². The maximum absolute atomic E-state index is 12.2. The summed E-state index contributed by atoms with van der Waals surface area (Å²) in [6.45, 7) is 5.66. The van der Waals surface area contributed by atoms with Crippen LogP contribution in [0.2, 0.25) is 5.02 Å². The molecule has 5 nitrogen and oxygen atoms in total. The van der Waals surface area contributed by atoms with Crippen molar-refractivity contribution in [2.75, 3.05) is 6.54 Å². The number of carbonyl (C=O) groups is 1. The Labute approximate surface area is 140 Å². The summed E-state index contributed by atoms with van der Waals surface area (Å²) in [5, 5.41) is 12.5. The van der Waals surface area contributed by atoms with Crippen LogP contribution >= 0.6 is 11.6 Å². The molecule has 2 aromatic rings. The van der Waals surface area contributed by atoms with Gasteiger partial charge in [0.1, 0.15) is 0 Å². The van der Waals surface area contributed by atoms with Crippen LogP contribution in [0.15, 0.2) is 24.4 Å². The van der Waals surface area contributed by atoms with Gasteiger partial charge in [0.25, 0.3) is 0 Å². The number of halogens is 1. The van der Waals surface area contributed by atoms with E-state index in [9.17, 15) is 9.90 Å². The van der Waals surface area contributed by atoms with Gasteiger partial charge in [-0.2, -0.15) is 0 Å². The molecule has 2 N–H and O–H groups in total. The van der Waals surface area contributed by atoms with Crippen LogP contribution in [0.4, 0.5) is 4.79 Å². The van der Waals surface area contributed by atoms with Crippen molar-refractivity contribution < 1.29 is 14.6 Å². The van der Waals surface area contributed by atoms with Gasteiger partial charge in [0.05, 0.1) is 0 Å². The zero-order valence-electron chi connectivity index (χ0n) is 13.5. The molecule has 0 saturated carbocycles. The number of cyclic esters (lactones) is 1. The number of aliphatic hydroxyl groups is 1. The number of nitrogens with one attached hydrogen (secondary N) is 1. The molecule has 1 amide bonds. The highest BCUT2D eigenvalue weighted by Crippen LogP contribution is 2.39. The van der Waals surface area contributed by atoms with Crippen molar-refractivity contribution in [2.24, 2.45) is 0 Å². The summed E-state index contributed by atoms with van der Waals surface area (Å²) >= 11 is 6.06. The number of hydrogen-bond acceptors (Lipinski definition) is 3. The van der Waals surface area contributed by atoms with E-state index in [0.717, 1.165) is 16.5 Å². The first-order valence-electron chi connectivity index (χ1n) is 7.77. The smallest absolute Gasteiger partial charge is 0.412 e. The van der Waals surface area contributed by atoms with Gasteiger partial charge < -0.3 is 14.8 Å². The standard InChI is InChI=1S/C17H21ClN2O3/c1-4-16(2)17(3,22)20(15(21)23-16)8-7-11-10-19-14-6-5-12(18)9-13(11)14/h5-6,9-10,19,22H,4,7-8H2,1-3H3/t16-,17-/m0/s1. The number of aromatic amines is 1. The minimum Gasteiger partial charge on any atom is -0.438 e. The fourth-order valence-corrected chi connectivity index (χ4v) is 3.29. The Bertz CT molecular complexity index is 755. The van der Waals surface area contributed by atoms with E-state index in [1.54, 1.807) is 13.8 Å². The van der Waals surface area contributed by atoms with Crippen molar-refractivity contribution in [3.63, 3.8) is 0 Å². The fourth-order valence-electron chi connectivity index (χ4n) is 3.11. The fraction of sp³-hybridized carbons (Fsp3) is 0.471. The van der Waals surface area contributed by atoms with E-state index in [2.05, 4.69) is 4.98 Å². The average Bonchev–Trinajstić information content (AvgIpc) is 2.95. The lowest BCUT2D eigenvalue weighted by atomic mass is 9.90. The van der Waals surface area contributed by atoms with Crippen molar-refractivity contribution in [2.45, 2.75) is 44.9 Å². The van der Waals surface area contributed by atoms with Crippen molar-refractivity contribution in [1.82, 2.24) is 9.88 Å². The molecule has 2 heterocycles. The highest BCUT2D eigenvalue weighted by atomic mass is 35.5. The number of ether oxygens (including phenoxy) is 1. The molecule has 1 aliphatic rings. The van der Waals surface area contributed by atoms with Crippen LogP contribution in [-0.2, 0) is 11.2 Å². The second-order valence-corrected chi connectivity index (χ2v) is 6.82. The molecule has 0 spiro atoms. The summed E-state index contributed by atoms with van der Waals surface area (Å²) in [6, 6.07) is 5.66. The lowest BCUT2D eigenvalue weighted by Gasteiger charge is -2.36. The van der Waals surface area contributed by atoms with E-state index in [1.165, 1.54) is 4.90 Å². The van der Waals surface area contributed by atoms with Gasteiger partial charge in [-0.05, 0) is 50.5 Å². The summed E-state index contributed by atoms with van der Waals surface area (Å²) in [5.41, 5.74) is -0.175. The maximum Gasteiger partial charge on any atom is 0.412 e. The zero-order valence-corrected chi connectivity index (χ0v) is 14.3. The van der Waals surface area contributed by atoms with Gasteiger partial charge in [-0.1, -0.05) is 18.5 Å². The number of nitrogens with zero attached hydrogens (tertiary/aromatic N) is 1. The quantitative estimate of drug-likeness (QED) is 0.894. The van der Waals surface area contributed by atoms with Crippen molar-refractivity contribution >= 4 is 28.6 Å². The summed E-state index contributed by atoms with van der Waals surface area (Å²) in [5.74, 6) is 0. The molecule has 0 radical (unpaired) electrons. The summed E-state index contributed by atoms with van der Waals surface area (Å²) in [4.78, 5) is 16.8. The highest BCUT2D eigenvalue weighted by molar-refractivity contribution is 6.31. The largest absolute Gasteiger partial charge is 0.438 e. The summed E-state index contributed by atoms with van der Waals surface area (Å²) in [7, 11) is 0. The topological polar surface area (TPSA) is 65.6 Å². The molecule has 1 aromatic carbocycles. The Morgan fingerprint density at radius 2 is 2.13 bits per heavy atom. The van der Waals surface area contributed by atoms with Gasteiger partial charge >= 0.3 is 6.09 Å². The molecule has 2 atom stereocenters. The molecule has 124 valence electrons. The number of aromatic nitrogens is 1. The first-order valence-corrected chi connectivity index (χ1v) is 8.15. The van der Waals surface area contributed by atoms with E-state index < -0.39 is 17.4 Å². The Kier molecular flexibility index (Phi) is 3.81. The Morgan fingerprint density at radius 3 is 2.78 bits per heavy atom. The Balaban J connectivity index is 1.82. The number of hydrogen-bond donors (Lipinski definition) is 2. The first kappa shape index (κ1) is 16.1. The minimum atomic E-state index is -1.33. The summed E-state index contributed by atoms with van der Waals surface area (Å²) in [6.07, 6.45) is 2.59. The van der Waals surface area contributed by atoms with Crippen LogP contribution in [0.1, 0.15) is 32.8 Å².